The molecule has 0 saturated heterocycles. The summed E-state index contributed by atoms with van der Waals surface area (Å²) in [7, 11) is 1.49. The van der Waals surface area contributed by atoms with E-state index in [-0.39, 0.29) is 30.1 Å². The van der Waals surface area contributed by atoms with Crippen molar-refractivity contribution in [2.24, 2.45) is 0 Å². The Bertz CT molecular complexity index is 1160. The van der Waals surface area contributed by atoms with Crippen molar-refractivity contribution in [3.05, 3.63) is 69.8 Å². The van der Waals surface area contributed by atoms with Gasteiger partial charge in [-0.05, 0) is 67.9 Å². The first-order valence-corrected chi connectivity index (χ1v) is 13.4. The molecule has 2 N–H and O–H groups in total. The number of Topliss-reactive ketones (excluding diaryl/α,β-unsaturated/α-hetero) is 1. The number of hydrogen-bond donors (Lipinski definition) is 2. The van der Waals surface area contributed by atoms with Crippen LogP contribution in [-0.2, 0) is 10.2 Å². The largest absolute Gasteiger partial charge is 0.480 e. The molecular formula is C31H41NO5. The molecular weight excluding hydrogens is 466 g/mol. The van der Waals surface area contributed by atoms with E-state index in [1.54, 1.807) is 6.07 Å². The SMILES string of the molecule is CCC(CC)(c1ccc(C(=O)CC2(O)CCCCC2)c(C)c1)c1ccc(C(=O)N(C)CC(=O)O)c(C)c1. The van der Waals surface area contributed by atoms with Crippen molar-refractivity contribution in [2.75, 3.05) is 13.6 Å². The van der Waals surface area contributed by atoms with Crippen molar-refractivity contribution < 1.29 is 24.6 Å². The molecule has 1 aliphatic carbocycles. The Morgan fingerprint density at radius 1 is 0.892 bits per heavy atom. The molecule has 0 bridgehead atoms. The number of aryl methyl sites for hydroxylation is 2. The summed E-state index contributed by atoms with van der Waals surface area (Å²) >= 11 is 0. The molecule has 2 aromatic rings. The van der Waals surface area contributed by atoms with E-state index in [1.165, 1.54) is 11.9 Å². The highest BCUT2D eigenvalue weighted by molar-refractivity contribution is 5.98. The molecule has 200 valence electrons. The van der Waals surface area contributed by atoms with E-state index in [0.29, 0.717) is 24.0 Å². The first-order valence-electron chi connectivity index (χ1n) is 13.4. The summed E-state index contributed by atoms with van der Waals surface area (Å²) in [4.78, 5) is 38.2. The minimum absolute atomic E-state index is 0.00348. The number of aliphatic carboxylic acids is 1. The molecule has 0 aliphatic heterocycles. The quantitative estimate of drug-likeness (QED) is 0.394. The summed E-state index contributed by atoms with van der Waals surface area (Å²) in [5.74, 6) is -1.37. The number of rotatable bonds is 10. The highest BCUT2D eigenvalue weighted by Crippen LogP contribution is 2.41. The van der Waals surface area contributed by atoms with Gasteiger partial charge in [0.2, 0.25) is 0 Å². The number of carbonyl (C=O) groups is 3. The van der Waals surface area contributed by atoms with Crippen molar-refractivity contribution in [1.82, 2.24) is 4.90 Å². The van der Waals surface area contributed by atoms with Crippen LogP contribution in [0.25, 0.3) is 0 Å². The molecule has 1 amide bonds. The van der Waals surface area contributed by atoms with Crippen LogP contribution in [0.3, 0.4) is 0 Å². The number of amides is 1. The molecule has 2 aromatic carbocycles. The number of carboxylic acids is 1. The lowest BCUT2D eigenvalue weighted by Crippen LogP contribution is -2.34. The normalized spacial score (nSPS) is 15.3. The molecule has 37 heavy (non-hydrogen) atoms. The van der Waals surface area contributed by atoms with Crippen molar-refractivity contribution in [3.63, 3.8) is 0 Å². The number of carboxylic acid groups (broad SMARTS) is 1. The molecule has 1 saturated carbocycles. The lowest BCUT2D eigenvalue weighted by atomic mass is 9.69. The van der Waals surface area contributed by atoms with E-state index in [9.17, 15) is 19.5 Å². The van der Waals surface area contributed by atoms with Crippen LogP contribution in [0, 0.1) is 13.8 Å². The van der Waals surface area contributed by atoms with Crippen LogP contribution in [0.15, 0.2) is 36.4 Å². The van der Waals surface area contributed by atoms with Crippen LogP contribution in [0.2, 0.25) is 0 Å². The summed E-state index contributed by atoms with van der Waals surface area (Å²) in [6.07, 6.45) is 6.28. The molecule has 0 aromatic heterocycles. The molecule has 0 spiro atoms. The van der Waals surface area contributed by atoms with E-state index in [0.717, 1.165) is 54.4 Å². The van der Waals surface area contributed by atoms with Gasteiger partial charge in [-0.1, -0.05) is 63.4 Å². The van der Waals surface area contributed by atoms with Gasteiger partial charge in [-0.3, -0.25) is 14.4 Å². The van der Waals surface area contributed by atoms with Gasteiger partial charge < -0.3 is 15.1 Å². The van der Waals surface area contributed by atoms with E-state index >= 15 is 0 Å². The Balaban J connectivity index is 1.92. The average molecular weight is 508 g/mol. The maximum atomic E-state index is 13.1. The summed E-state index contributed by atoms with van der Waals surface area (Å²) in [5, 5.41) is 19.9. The fourth-order valence-electron chi connectivity index (χ4n) is 5.97. The second-order valence-electron chi connectivity index (χ2n) is 10.8. The third-order valence-corrected chi connectivity index (χ3v) is 8.29. The Labute approximate surface area is 220 Å². The van der Waals surface area contributed by atoms with Crippen LogP contribution in [0.5, 0.6) is 0 Å². The maximum Gasteiger partial charge on any atom is 0.323 e. The number of aliphatic hydroxyl groups is 1. The summed E-state index contributed by atoms with van der Waals surface area (Å²) < 4.78 is 0. The number of ketones is 1. The van der Waals surface area contributed by atoms with Crippen LogP contribution in [-0.4, -0.2) is 52.0 Å². The van der Waals surface area contributed by atoms with Gasteiger partial charge >= 0.3 is 5.97 Å². The molecule has 0 unspecified atom stereocenters. The lowest BCUT2D eigenvalue weighted by Gasteiger charge is -2.35. The van der Waals surface area contributed by atoms with Gasteiger partial charge in [-0.2, -0.15) is 0 Å². The van der Waals surface area contributed by atoms with Crippen molar-refractivity contribution in [2.45, 2.75) is 90.1 Å². The third kappa shape index (κ3) is 6.12. The smallest absolute Gasteiger partial charge is 0.323 e. The molecule has 0 heterocycles. The predicted octanol–water partition coefficient (Wildman–Crippen LogP) is 5.83. The fraction of sp³-hybridized carbons (Fsp3) is 0.516. The zero-order chi connectivity index (χ0) is 27.4. The standard InChI is InChI=1S/C31H41NO5/c1-6-31(7-2,24-12-14-26(22(4)18-24)29(36)32(5)20-28(34)35)23-11-13-25(21(3)17-23)27(33)19-30(37)15-9-8-10-16-30/h11-14,17-18,37H,6-10,15-16,19-20H2,1-5H3,(H,34,35). The summed E-state index contributed by atoms with van der Waals surface area (Å²) in [6, 6.07) is 11.8. The number of likely N-dealkylation sites (N-methyl/N-ethyl adjacent to an activating group) is 1. The monoisotopic (exact) mass is 507 g/mol. The van der Waals surface area contributed by atoms with Crippen molar-refractivity contribution >= 4 is 17.7 Å². The van der Waals surface area contributed by atoms with Crippen LogP contribution < -0.4 is 0 Å². The van der Waals surface area contributed by atoms with Gasteiger partial charge in [0, 0.05) is 30.0 Å². The zero-order valence-electron chi connectivity index (χ0n) is 22.9. The van der Waals surface area contributed by atoms with Gasteiger partial charge in [0.1, 0.15) is 6.54 Å². The maximum absolute atomic E-state index is 13.1. The van der Waals surface area contributed by atoms with Crippen molar-refractivity contribution in [3.8, 4) is 0 Å². The second kappa shape index (κ2) is 11.6. The minimum Gasteiger partial charge on any atom is -0.480 e. The molecule has 0 radical (unpaired) electrons. The van der Waals surface area contributed by atoms with E-state index in [1.807, 2.05) is 38.1 Å². The second-order valence-corrected chi connectivity index (χ2v) is 10.8. The molecule has 3 rings (SSSR count). The summed E-state index contributed by atoms with van der Waals surface area (Å²) in [5.41, 5.74) is 3.89. The Morgan fingerprint density at radius 3 is 1.86 bits per heavy atom. The first kappa shape index (κ1) is 28.6. The van der Waals surface area contributed by atoms with Crippen LogP contribution >= 0.6 is 0 Å². The van der Waals surface area contributed by atoms with Crippen molar-refractivity contribution in [1.29, 1.82) is 0 Å². The molecule has 6 heteroatoms. The molecule has 1 fully saturated rings. The fourth-order valence-corrected chi connectivity index (χ4v) is 5.97. The number of carbonyl (C=O) groups excluding carboxylic acids is 2. The van der Waals surface area contributed by atoms with Gasteiger partial charge in [0.25, 0.3) is 5.91 Å². The van der Waals surface area contributed by atoms with E-state index in [2.05, 4.69) is 19.9 Å². The Hall–Kier alpha value is -2.99. The molecule has 0 atom stereocenters. The number of hydrogen-bond acceptors (Lipinski definition) is 4. The predicted molar refractivity (Wildman–Crippen MR) is 145 cm³/mol. The minimum atomic E-state index is -1.05. The third-order valence-electron chi connectivity index (χ3n) is 8.29. The van der Waals surface area contributed by atoms with E-state index in [4.69, 9.17) is 5.11 Å². The highest BCUT2D eigenvalue weighted by Gasteiger charge is 2.34. The van der Waals surface area contributed by atoms with Gasteiger partial charge in [-0.25, -0.2) is 0 Å². The molecule has 6 nitrogen and oxygen atoms in total. The van der Waals surface area contributed by atoms with Gasteiger partial charge in [0.05, 0.1) is 5.60 Å². The lowest BCUT2D eigenvalue weighted by molar-refractivity contribution is -0.137. The van der Waals surface area contributed by atoms with E-state index < -0.39 is 11.6 Å². The number of benzene rings is 2. The van der Waals surface area contributed by atoms with Crippen LogP contribution in [0.1, 0.15) is 108 Å². The zero-order valence-corrected chi connectivity index (χ0v) is 22.9. The first-order chi connectivity index (χ1) is 17.5. The molecule has 1 aliphatic rings. The van der Waals surface area contributed by atoms with Gasteiger partial charge in [-0.15, -0.1) is 0 Å². The summed E-state index contributed by atoms with van der Waals surface area (Å²) in [6.45, 7) is 7.78. The topological polar surface area (TPSA) is 94.9 Å². The Morgan fingerprint density at radius 2 is 1.41 bits per heavy atom. The van der Waals surface area contributed by atoms with Crippen LogP contribution in [0.4, 0.5) is 0 Å². The highest BCUT2D eigenvalue weighted by atomic mass is 16.4. The number of nitrogens with zero attached hydrogens (tertiary/aromatic N) is 1. The average Bonchev–Trinajstić information content (AvgIpc) is 2.84. The van der Waals surface area contributed by atoms with Gasteiger partial charge in [0.15, 0.2) is 5.78 Å². The Kier molecular flexibility index (Phi) is 8.96.